The van der Waals surface area contributed by atoms with Crippen LogP contribution in [0.3, 0.4) is 0 Å². The Balaban J connectivity index is 1.67. The van der Waals surface area contributed by atoms with E-state index in [0.29, 0.717) is 17.3 Å². The molecular weight excluding hydrogens is 370 g/mol. The van der Waals surface area contributed by atoms with Crippen LogP contribution in [0.15, 0.2) is 46.9 Å². The van der Waals surface area contributed by atoms with Crippen LogP contribution in [-0.2, 0) is 9.59 Å². The maximum atomic E-state index is 11.7. The van der Waals surface area contributed by atoms with E-state index in [9.17, 15) is 9.59 Å². The van der Waals surface area contributed by atoms with E-state index < -0.39 is 11.8 Å². The zero-order valence-corrected chi connectivity index (χ0v) is 15.6. The van der Waals surface area contributed by atoms with Gasteiger partial charge in [-0.05, 0) is 61.6 Å². The molecule has 142 valence electrons. The summed E-state index contributed by atoms with van der Waals surface area (Å²) in [6.45, 7) is 1.57. The minimum absolute atomic E-state index is 0.0573. The van der Waals surface area contributed by atoms with Crippen LogP contribution in [0.25, 0.3) is 6.08 Å². The van der Waals surface area contributed by atoms with Gasteiger partial charge in [-0.15, -0.1) is 0 Å². The van der Waals surface area contributed by atoms with Crippen LogP contribution in [0.4, 0.5) is 0 Å². The Hall–Kier alpha value is -3.33. The fourth-order valence-electron chi connectivity index (χ4n) is 1.87. The number of methoxy groups -OCH3 is 1. The molecule has 0 radical (unpaired) electrons. The highest BCUT2D eigenvalue weighted by Crippen LogP contribution is 2.16. The number of furan rings is 1. The van der Waals surface area contributed by atoms with Crippen LogP contribution in [0.5, 0.6) is 11.5 Å². The molecule has 2 rings (SSSR count). The zero-order chi connectivity index (χ0) is 19.6. The second-order valence-electron chi connectivity index (χ2n) is 5.24. The molecule has 0 saturated heterocycles. The number of nitrogens with one attached hydrogen (secondary N) is 3. The van der Waals surface area contributed by atoms with Crippen molar-refractivity contribution in [3.8, 4) is 11.5 Å². The fourth-order valence-corrected chi connectivity index (χ4v) is 2.02. The Kier molecular flexibility index (Phi) is 7.38. The van der Waals surface area contributed by atoms with Gasteiger partial charge in [-0.2, -0.15) is 0 Å². The minimum atomic E-state index is -0.469. The number of hydrogen-bond acceptors (Lipinski definition) is 6. The van der Waals surface area contributed by atoms with Gasteiger partial charge in [-0.3, -0.25) is 25.8 Å². The predicted octanol–water partition coefficient (Wildman–Crippen LogP) is 1.71. The number of carbonyl (C=O) groups excluding carboxylic acids is 2. The van der Waals surface area contributed by atoms with Gasteiger partial charge >= 0.3 is 0 Å². The van der Waals surface area contributed by atoms with Crippen LogP contribution >= 0.6 is 12.2 Å². The molecule has 1 heterocycles. The van der Waals surface area contributed by atoms with E-state index in [0.717, 1.165) is 5.76 Å². The van der Waals surface area contributed by atoms with Gasteiger partial charge in [0.1, 0.15) is 23.0 Å². The summed E-state index contributed by atoms with van der Waals surface area (Å²) in [6, 6.07) is 10.3. The highest BCUT2D eigenvalue weighted by atomic mass is 32.1. The lowest BCUT2D eigenvalue weighted by atomic mass is 10.3. The van der Waals surface area contributed by atoms with Crippen LogP contribution in [-0.4, -0.2) is 30.6 Å². The van der Waals surface area contributed by atoms with Crippen LogP contribution in [0.2, 0.25) is 0 Å². The van der Waals surface area contributed by atoms with E-state index in [1.165, 1.54) is 12.2 Å². The zero-order valence-electron chi connectivity index (χ0n) is 14.8. The lowest BCUT2D eigenvalue weighted by molar-refractivity contribution is -0.123. The first-order valence-corrected chi connectivity index (χ1v) is 8.28. The van der Waals surface area contributed by atoms with Crippen molar-refractivity contribution < 1.29 is 23.5 Å². The largest absolute Gasteiger partial charge is 0.497 e. The second-order valence-corrected chi connectivity index (χ2v) is 5.65. The summed E-state index contributed by atoms with van der Waals surface area (Å²) in [6.07, 6.45) is 2.77. The fraction of sp³-hybridized carbons (Fsp3) is 0.167. The quantitative estimate of drug-likeness (QED) is 0.393. The Morgan fingerprint density at radius 1 is 1.11 bits per heavy atom. The number of hydrazine groups is 1. The normalized spacial score (nSPS) is 10.3. The number of aryl methyl sites for hydroxylation is 1. The molecule has 0 saturated carbocycles. The molecule has 0 aliphatic heterocycles. The summed E-state index contributed by atoms with van der Waals surface area (Å²) in [7, 11) is 1.56. The molecule has 1 aromatic heterocycles. The van der Waals surface area contributed by atoms with Crippen molar-refractivity contribution in [3.63, 3.8) is 0 Å². The van der Waals surface area contributed by atoms with E-state index in [2.05, 4.69) is 16.2 Å². The molecule has 9 heteroatoms. The standard InChI is InChI=1S/C18H19N3O5S/c1-12-3-4-15(26-12)9-10-16(22)19-18(27)21-20-17(23)11-25-14-7-5-13(24-2)6-8-14/h3-10H,11H2,1-2H3,(H,20,23)(H2,19,21,22,27). The second kappa shape index (κ2) is 9.97. The van der Waals surface area contributed by atoms with Crippen LogP contribution in [0, 0.1) is 6.92 Å². The third-order valence-electron chi connectivity index (χ3n) is 3.14. The molecule has 0 fully saturated rings. The van der Waals surface area contributed by atoms with E-state index in [1.54, 1.807) is 50.4 Å². The van der Waals surface area contributed by atoms with Gasteiger partial charge in [0.2, 0.25) is 5.91 Å². The third kappa shape index (κ3) is 7.20. The summed E-state index contributed by atoms with van der Waals surface area (Å²) in [5.41, 5.74) is 4.73. The lowest BCUT2D eigenvalue weighted by Gasteiger charge is -2.10. The first-order valence-electron chi connectivity index (χ1n) is 7.87. The van der Waals surface area contributed by atoms with Crippen molar-refractivity contribution in [2.45, 2.75) is 6.92 Å². The Bertz CT molecular complexity index is 830. The maximum Gasteiger partial charge on any atom is 0.276 e. The Morgan fingerprint density at radius 3 is 2.44 bits per heavy atom. The average molecular weight is 389 g/mol. The van der Waals surface area contributed by atoms with Crippen LogP contribution < -0.4 is 25.6 Å². The van der Waals surface area contributed by atoms with E-state index in [4.69, 9.17) is 26.1 Å². The maximum absolute atomic E-state index is 11.7. The molecule has 27 heavy (non-hydrogen) atoms. The van der Waals surface area contributed by atoms with Crippen molar-refractivity contribution >= 4 is 35.2 Å². The van der Waals surface area contributed by atoms with E-state index >= 15 is 0 Å². The number of thiocarbonyl (C=S) groups is 1. The lowest BCUT2D eigenvalue weighted by Crippen LogP contribution is -2.49. The molecule has 0 aliphatic carbocycles. The van der Waals surface area contributed by atoms with E-state index in [-0.39, 0.29) is 11.7 Å². The third-order valence-corrected chi connectivity index (χ3v) is 3.35. The number of amides is 2. The van der Waals surface area contributed by atoms with E-state index in [1.807, 2.05) is 0 Å². The molecule has 8 nitrogen and oxygen atoms in total. The molecule has 1 aromatic carbocycles. The number of benzene rings is 1. The van der Waals surface area contributed by atoms with Crippen molar-refractivity contribution in [1.29, 1.82) is 0 Å². The Morgan fingerprint density at radius 2 is 1.81 bits per heavy atom. The minimum Gasteiger partial charge on any atom is -0.497 e. The first kappa shape index (κ1) is 20.0. The van der Waals surface area contributed by atoms with Gasteiger partial charge in [0.25, 0.3) is 5.91 Å². The molecule has 0 aliphatic rings. The van der Waals surface area contributed by atoms with Crippen molar-refractivity contribution in [1.82, 2.24) is 16.2 Å². The monoisotopic (exact) mass is 389 g/mol. The number of rotatable bonds is 6. The molecule has 2 aromatic rings. The van der Waals surface area contributed by atoms with Crippen LogP contribution in [0.1, 0.15) is 11.5 Å². The molecule has 2 amide bonds. The molecule has 3 N–H and O–H groups in total. The molecule has 0 bridgehead atoms. The van der Waals surface area contributed by atoms with Gasteiger partial charge in [-0.1, -0.05) is 0 Å². The van der Waals surface area contributed by atoms with Gasteiger partial charge in [0.05, 0.1) is 7.11 Å². The molecule has 0 atom stereocenters. The van der Waals surface area contributed by atoms with Crippen molar-refractivity contribution in [2.75, 3.05) is 13.7 Å². The highest BCUT2D eigenvalue weighted by Gasteiger charge is 2.05. The SMILES string of the molecule is COc1ccc(OCC(=O)NNC(=S)NC(=O)C=Cc2ccc(C)o2)cc1. The van der Waals surface area contributed by atoms with Gasteiger partial charge in [0, 0.05) is 6.08 Å². The molecule has 0 unspecified atom stereocenters. The topological polar surface area (TPSA) is 102 Å². The summed E-state index contributed by atoms with van der Waals surface area (Å²) in [5.74, 6) is 1.55. The number of hydrogen-bond donors (Lipinski definition) is 3. The number of carbonyl (C=O) groups is 2. The first-order chi connectivity index (χ1) is 13.0. The smallest absolute Gasteiger partial charge is 0.276 e. The highest BCUT2D eigenvalue weighted by molar-refractivity contribution is 7.80. The summed E-state index contributed by atoms with van der Waals surface area (Å²) in [5, 5.41) is 2.32. The van der Waals surface area contributed by atoms with Gasteiger partial charge in [-0.25, -0.2) is 0 Å². The Labute approximate surface area is 161 Å². The molecular formula is C18H19N3O5S. The average Bonchev–Trinajstić information content (AvgIpc) is 3.08. The van der Waals surface area contributed by atoms with Crippen molar-refractivity contribution in [2.24, 2.45) is 0 Å². The molecule has 0 spiro atoms. The summed E-state index contributed by atoms with van der Waals surface area (Å²) >= 11 is 4.92. The predicted molar refractivity (Wildman–Crippen MR) is 103 cm³/mol. The summed E-state index contributed by atoms with van der Waals surface area (Å²) < 4.78 is 15.6. The van der Waals surface area contributed by atoms with Gasteiger partial charge in [0.15, 0.2) is 11.7 Å². The van der Waals surface area contributed by atoms with Crippen molar-refractivity contribution in [3.05, 3.63) is 54.0 Å². The van der Waals surface area contributed by atoms with Gasteiger partial charge < -0.3 is 13.9 Å². The number of ether oxygens (including phenoxy) is 2. The summed E-state index contributed by atoms with van der Waals surface area (Å²) in [4.78, 5) is 23.4.